The first-order chi connectivity index (χ1) is 14.6. The number of likely N-dealkylation sites (tertiary alicyclic amines) is 1. The fraction of sp³-hybridized carbons (Fsp3) is 0.579. The van der Waals surface area contributed by atoms with Gasteiger partial charge in [-0.05, 0) is 25.8 Å². The van der Waals surface area contributed by atoms with Gasteiger partial charge in [-0.3, -0.25) is 4.90 Å². The Bertz CT molecular complexity index is 888. The molecule has 2 aromatic rings. The predicted octanol–water partition coefficient (Wildman–Crippen LogP) is 2.47. The van der Waals surface area contributed by atoms with E-state index in [0.29, 0.717) is 11.4 Å². The van der Waals surface area contributed by atoms with Crippen LogP contribution in [0.5, 0.6) is 0 Å². The Kier molecular flexibility index (Phi) is 6.77. The number of aliphatic carboxylic acids is 1. The van der Waals surface area contributed by atoms with Crippen LogP contribution in [-0.4, -0.2) is 67.9 Å². The number of imidazole rings is 1. The maximum Gasteiger partial charge on any atom is 0.490 e. The average molecular weight is 444 g/mol. The highest BCUT2D eigenvalue weighted by Gasteiger charge is 2.42. The van der Waals surface area contributed by atoms with Crippen LogP contribution < -0.4 is 4.90 Å². The van der Waals surface area contributed by atoms with Crippen LogP contribution in [-0.2, 0) is 18.4 Å². The lowest BCUT2D eigenvalue weighted by Crippen LogP contribution is -2.45. The van der Waals surface area contributed by atoms with Crippen LogP contribution in [0.25, 0.3) is 0 Å². The van der Waals surface area contributed by atoms with Gasteiger partial charge in [-0.15, -0.1) is 0 Å². The summed E-state index contributed by atoms with van der Waals surface area (Å²) in [7, 11) is 2.04. The number of carboxylic acids is 1. The van der Waals surface area contributed by atoms with E-state index in [1.807, 2.05) is 19.4 Å². The molecule has 4 rings (SSSR count). The molecule has 12 heteroatoms. The normalized spacial score (nSPS) is 21.8. The number of nitrogens with zero attached hydrogens (tertiary/aromatic N) is 6. The molecule has 2 aromatic heterocycles. The van der Waals surface area contributed by atoms with Crippen LogP contribution in [0.4, 0.5) is 23.5 Å². The Morgan fingerprint density at radius 2 is 1.84 bits per heavy atom. The summed E-state index contributed by atoms with van der Waals surface area (Å²) in [6.45, 7) is 4.99. The summed E-state index contributed by atoms with van der Waals surface area (Å²) in [6.07, 6.45) is 4.84. The van der Waals surface area contributed by atoms with E-state index in [-0.39, 0.29) is 5.82 Å². The highest BCUT2D eigenvalue weighted by Crippen LogP contribution is 2.40. The van der Waals surface area contributed by atoms with Crippen molar-refractivity contribution >= 4 is 11.9 Å². The maximum atomic E-state index is 13.1. The molecule has 170 valence electrons. The monoisotopic (exact) mass is 444 g/mol. The van der Waals surface area contributed by atoms with Gasteiger partial charge in [0.2, 0.25) is 5.95 Å². The maximum absolute atomic E-state index is 13.1. The molecule has 1 spiro atoms. The van der Waals surface area contributed by atoms with Crippen molar-refractivity contribution in [3.63, 3.8) is 0 Å². The zero-order chi connectivity index (χ0) is 22.6. The summed E-state index contributed by atoms with van der Waals surface area (Å²) in [5.74, 6) is -1.38. The number of aryl methyl sites for hydroxylation is 1. The van der Waals surface area contributed by atoms with E-state index >= 15 is 0 Å². The lowest BCUT2D eigenvalue weighted by molar-refractivity contribution is -0.192. The number of piperidine rings is 1. The molecule has 31 heavy (non-hydrogen) atoms. The quantitative estimate of drug-likeness (QED) is 0.728. The van der Waals surface area contributed by atoms with E-state index in [4.69, 9.17) is 9.90 Å². The minimum atomic E-state index is -5.08. The van der Waals surface area contributed by atoms with Crippen molar-refractivity contribution in [1.82, 2.24) is 24.4 Å². The Hall–Kier alpha value is -2.76. The Morgan fingerprint density at radius 1 is 1.16 bits per heavy atom. The van der Waals surface area contributed by atoms with Gasteiger partial charge in [0, 0.05) is 44.5 Å². The number of hydrogen-bond donors (Lipinski definition) is 1. The number of carbonyl (C=O) groups is 1. The number of rotatable bonds is 3. The molecule has 0 bridgehead atoms. The predicted molar refractivity (Wildman–Crippen MR) is 103 cm³/mol. The zero-order valence-corrected chi connectivity index (χ0v) is 17.0. The van der Waals surface area contributed by atoms with Gasteiger partial charge in [0.15, 0.2) is 5.82 Å². The Balaban J connectivity index is 0.000000339. The fourth-order valence-corrected chi connectivity index (χ4v) is 4.09. The van der Waals surface area contributed by atoms with Gasteiger partial charge in [-0.1, -0.05) is 0 Å². The second kappa shape index (κ2) is 9.16. The van der Waals surface area contributed by atoms with Crippen molar-refractivity contribution in [2.24, 2.45) is 12.5 Å². The lowest BCUT2D eigenvalue weighted by Gasteiger charge is -2.40. The van der Waals surface area contributed by atoms with Gasteiger partial charge in [-0.2, -0.15) is 13.2 Å². The van der Waals surface area contributed by atoms with Crippen molar-refractivity contribution in [2.75, 3.05) is 31.1 Å². The summed E-state index contributed by atoms with van der Waals surface area (Å²) in [5, 5.41) is 7.12. The molecule has 1 N–H and O–H groups in total. The minimum absolute atomic E-state index is 0.293. The van der Waals surface area contributed by atoms with E-state index < -0.39 is 12.1 Å². The highest BCUT2D eigenvalue weighted by atomic mass is 19.4. The molecular weight excluding hydrogens is 420 g/mol. The van der Waals surface area contributed by atoms with E-state index in [2.05, 4.69) is 29.3 Å². The third kappa shape index (κ3) is 5.90. The van der Waals surface area contributed by atoms with Gasteiger partial charge < -0.3 is 14.6 Å². The molecule has 1 atom stereocenters. The summed E-state index contributed by atoms with van der Waals surface area (Å²) in [6, 6.07) is 0. The van der Waals surface area contributed by atoms with E-state index in [1.165, 1.54) is 25.2 Å². The summed E-state index contributed by atoms with van der Waals surface area (Å²) >= 11 is 0. The van der Waals surface area contributed by atoms with E-state index in [1.54, 1.807) is 0 Å². The van der Waals surface area contributed by atoms with Crippen LogP contribution in [0.1, 0.15) is 25.1 Å². The topological polar surface area (TPSA) is 87.4 Å². The van der Waals surface area contributed by atoms with Crippen LogP contribution in [0.3, 0.4) is 0 Å². The smallest absolute Gasteiger partial charge is 0.475 e. The number of hydrogen-bond acceptors (Lipinski definition) is 6. The van der Waals surface area contributed by atoms with E-state index in [0.717, 1.165) is 45.0 Å². The largest absolute Gasteiger partial charge is 0.490 e. The van der Waals surface area contributed by atoms with Gasteiger partial charge >= 0.3 is 12.1 Å². The molecule has 2 fully saturated rings. The number of halogens is 4. The molecule has 4 heterocycles. The number of aromatic nitrogens is 4. The van der Waals surface area contributed by atoms with E-state index in [9.17, 15) is 17.6 Å². The highest BCUT2D eigenvalue weighted by molar-refractivity contribution is 5.73. The molecule has 2 aliphatic heterocycles. The third-order valence-corrected chi connectivity index (χ3v) is 5.60. The molecule has 0 radical (unpaired) electrons. The van der Waals surface area contributed by atoms with Gasteiger partial charge in [0.1, 0.15) is 5.82 Å². The average Bonchev–Trinajstić information content (AvgIpc) is 3.28. The summed E-state index contributed by atoms with van der Waals surface area (Å²) < 4.78 is 46.9. The number of alkyl halides is 3. The first kappa shape index (κ1) is 22.9. The first-order valence-corrected chi connectivity index (χ1v) is 9.79. The number of anilines is 1. The van der Waals surface area contributed by atoms with Crippen molar-refractivity contribution in [1.29, 1.82) is 0 Å². The fourth-order valence-electron chi connectivity index (χ4n) is 4.09. The molecule has 2 saturated heterocycles. The standard InChI is InChI=1S/C17H23FN6.C2HF3O2/c1-22-8-5-19-15(22)11-23-7-4-17(12-23)3-2-6-24(13-17)16-20-9-14(18)10-21-16;3-2(4,5)1(6)7/h5,8-10H,2-4,6-7,11-13H2,1H3;(H,6,7). The molecule has 0 aromatic carbocycles. The molecule has 2 aliphatic rings. The molecule has 8 nitrogen and oxygen atoms in total. The SMILES string of the molecule is Cn1ccnc1CN1CCC2(CCCN(c3ncc(F)cn3)C2)C1.O=C(O)C(F)(F)F. The Labute approximate surface area is 176 Å². The summed E-state index contributed by atoms with van der Waals surface area (Å²) in [5.41, 5.74) is 0.293. The van der Waals surface area contributed by atoms with Crippen molar-refractivity contribution in [3.05, 3.63) is 36.4 Å². The van der Waals surface area contributed by atoms with Gasteiger partial charge in [-0.25, -0.2) is 24.1 Å². The van der Waals surface area contributed by atoms with Crippen molar-refractivity contribution in [3.8, 4) is 0 Å². The van der Waals surface area contributed by atoms with Crippen molar-refractivity contribution in [2.45, 2.75) is 32.0 Å². The summed E-state index contributed by atoms with van der Waals surface area (Å²) in [4.78, 5) is 26.4. The van der Waals surface area contributed by atoms with Gasteiger partial charge in [0.05, 0.1) is 18.9 Å². The molecule has 1 unspecified atom stereocenters. The van der Waals surface area contributed by atoms with Crippen LogP contribution in [0.2, 0.25) is 0 Å². The molecule has 0 saturated carbocycles. The molecule has 0 aliphatic carbocycles. The molecule has 0 amide bonds. The Morgan fingerprint density at radius 3 is 2.42 bits per heavy atom. The van der Waals surface area contributed by atoms with Gasteiger partial charge in [0.25, 0.3) is 0 Å². The number of carboxylic acid groups (broad SMARTS) is 1. The minimum Gasteiger partial charge on any atom is -0.475 e. The van der Waals surface area contributed by atoms with Crippen LogP contribution in [0.15, 0.2) is 24.8 Å². The van der Waals surface area contributed by atoms with Crippen molar-refractivity contribution < 1.29 is 27.5 Å². The van der Waals surface area contributed by atoms with Crippen LogP contribution >= 0.6 is 0 Å². The lowest BCUT2D eigenvalue weighted by atomic mass is 9.79. The third-order valence-electron chi connectivity index (χ3n) is 5.60. The second-order valence-electron chi connectivity index (χ2n) is 7.94. The van der Waals surface area contributed by atoms with Crippen LogP contribution in [0, 0.1) is 11.2 Å². The first-order valence-electron chi connectivity index (χ1n) is 9.79. The zero-order valence-electron chi connectivity index (χ0n) is 17.0. The second-order valence-corrected chi connectivity index (χ2v) is 7.94. The molecular formula is C19H24F4N6O2.